The Bertz CT molecular complexity index is 846. The van der Waals surface area contributed by atoms with Gasteiger partial charge in [0.2, 0.25) is 0 Å². The van der Waals surface area contributed by atoms with Gasteiger partial charge >= 0.3 is 5.97 Å². The van der Waals surface area contributed by atoms with Gasteiger partial charge in [-0.1, -0.05) is 29.8 Å². The van der Waals surface area contributed by atoms with E-state index in [-0.39, 0.29) is 18.5 Å². The molecule has 4 heteroatoms. The zero-order chi connectivity index (χ0) is 17.1. The van der Waals surface area contributed by atoms with Gasteiger partial charge in [0, 0.05) is 17.0 Å². The molecule has 0 aliphatic rings. The minimum atomic E-state index is -0.281. The summed E-state index contributed by atoms with van der Waals surface area (Å²) in [7, 11) is 1.61. The molecule has 4 nitrogen and oxygen atoms in total. The predicted octanol–water partition coefficient (Wildman–Crippen LogP) is 4.60. The molecule has 0 saturated heterocycles. The van der Waals surface area contributed by atoms with Gasteiger partial charge in [0.25, 0.3) is 0 Å². The number of furan rings is 1. The SMILES string of the molecule is COc1ccc2c(CC(=O)O[C@H](C)c3ccc(C)cc3)coc2c1. The van der Waals surface area contributed by atoms with E-state index in [1.165, 1.54) is 5.56 Å². The Morgan fingerprint density at radius 3 is 2.62 bits per heavy atom. The van der Waals surface area contributed by atoms with Crippen molar-refractivity contribution in [2.45, 2.75) is 26.4 Å². The number of carbonyl (C=O) groups is 1. The number of esters is 1. The van der Waals surface area contributed by atoms with E-state index in [1.54, 1.807) is 19.4 Å². The van der Waals surface area contributed by atoms with Gasteiger partial charge in [-0.2, -0.15) is 0 Å². The summed E-state index contributed by atoms with van der Waals surface area (Å²) in [5.74, 6) is 0.445. The van der Waals surface area contributed by atoms with E-state index in [2.05, 4.69) is 0 Å². The van der Waals surface area contributed by atoms with Gasteiger partial charge in [0.1, 0.15) is 17.4 Å². The summed E-state index contributed by atoms with van der Waals surface area (Å²) < 4.78 is 16.2. The Morgan fingerprint density at radius 1 is 1.17 bits per heavy atom. The third-order valence-corrected chi connectivity index (χ3v) is 4.05. The molecule has 0 aliphatic carbocycles. The zero-order valence-corrected chi connectivity index (χ0v) is 14.0. The van der Waals surface area contributed by atoms with Gasteiger partial charge in [-0.05, 0) is 31.5 Å². The summed E-state index contributed by atoms with van der Waals surface area (Å²) in [5, 5.41) is 0.899. The number of rotatable bonds is 5. The normalized spacial score (nSPS) is 12.1. The first kappa shape index (κ1) is 16.1. The van der Waals surface area contributed by atoms with Crippen molar-refractivity contribution in [1.29, 1.82) is 0 Å². The van der Waals surface area contributed by atoms with Crippen LogP contribution in [0, 0.1) is 6.92 Å². The highest BCUT2D eigenvalue weighted by atomic mass is 16.5. The number of hydrogen-bond acceptors (Lipinski definition) is 4. The summed E-state index contributed by atoms with van der Waals surface area (Å²) in [5.41, 5.74) is 3.67. The lowest BCUT2D eigenvalue weighted by Gasteiger charge is -2.13. The molecule has 0 aliphatic heterocycles. The second-order valence-electron chi connectivity index (χ2n) is 5.84. The third kappa shape index (κ3) is 3.43. The summed E-state index contributed by atoms with van der Waals surface area (Å²) in [6.45, 7) is 3.90. The average molecular weight is 324 g/mol. The van der Waals surface area contributed by atoms with Crippen LogP contribution in [0.1, 0.15) is 29.7 Å². The van der Waals surface area contributed by atoms with Crippen LogP contribution in [0.3, 0.4) is 0 Å². The van der Waals surface area contributed by atoms with E-state index in [0.29, 0.717) is 5.58 Å². The quantitative estimate of drug-likeness (QED) is 0.644. The van der Waals surface area contributed by atoms with Crippen LogP contribution in [0.25, 0.3) is 11.0 Å². The van der Waals surface area contributed by atoms with Crippen LogP contribution in [-0.2, 0) is 16.0 Å². The molecule has 0 N–H and O–H groups in total. The van der Waals surface area contributed by atoms with Crippen molar-refractivity contribution in [1.82, 2.24) is 0 Å². The molecule has 0 bridgehead atoms. The van der Waals surface area contributed by atoms with Crippen LogP contribution in [0.15, 0.2) is 53.1 Å². The highest BCUT2D eigenvalue weighted by Gasteiger charge is 2.15. The molecule has 3 rings (SSSR count). The number of ether oxygens (including phenoxy) is 2. The maximum Gasteiger partial charge on any atom is 0.311 e. The molecular formula is C20H20O4. The summed E-state index contributed by atoms with van der Waals surface area (Å²) in [6, 6.07) is 13.5. The van der Waals surface area contributed by atoms with Crippen LogP contribution in [0.4, 0.5) is 0 Å². The first-order valence-electron chi connectivity index (χ1n) is 7.87. The Hall–Kier alpha value is -2.75. The third-order valence-electron chi connectivity index (χ3n) is 4.05. The number of aryl methyl sites for hydroxylation is 1. The van der Waals surface area contributed by atoms with Gasteiger partial charge < -0.3 is 13.9 Å². The molecule has 1 aromatic heterocycles. The summed E-state index contributed by atoms with van der Waals surface area (Å²) in [6.07, 6.45) is 1.49. The van der Waals surface area contributed by atoms with E-state index in [9.17, 15) is 4.79 Å². The van der Waals surface area contributed by atoms with Crippen LogP contribution < -0.4 is 4.74 Å². The molecule has 0 radical (unpaired) electrons. The Balaban J connectivity index is 1.69. The Labute approximate surface area is 141 Å². The largest absolute Gasteiger partial charge is 0.497 e. The fourth-order valence-electron chi connectivity index (χ4n) is 2.63. The van der Waals surface area contributed by atoms with Gasteiger partial charge in [-0.25, -0.2) is 0 Å². The molecule has 0 saturated carbocycles. The molecule has 1 heterocycles. The van der Waals surface area contributed by atoms with Crippen molar-refractivity contribution < 1.29 is 18.7 Å². The lowest BCUT2D eigenvalue weighted by atomic mass is 10.1. The molecule has 2 aromatic carbocycles. The topological polar surface area (TPSA) is 48.7 Å². The Kier molecular flexibility index (Phi) is 4.56. The van der Waals surface area contributed by atoms with Crippen molar-refractivity contribution >= 4 is 16.9 Å². The smallest absolute Gasteiger partial charge is 0.311 e. The second-order valence-corrected chi connectivity index (χ2v) is 5.84. The zero-order valence-electron chi connectivity index (χ0n) is 14.0. The van der Waals surface area contributed by atoms with E-state index in [1.807, 2.05) is 50.2 Å². The molecular weight excluding hydrogens is 304 g/mol. The Morgan fingerprint density at radius 2 is 1.92 bits per heavy atom. The highest BCUT2D eigenvalue weighted by Crippen LogP contribution is 2.26. The standard InChI is InChI=1S/C20H20O4/c1-13-4-6-15(7-5-13)14(2)24-20(21)10-16-12-23-19-11-17(22-3)8-9-18(16)19/h4-9,11-12,14H,10H2,1-3H3/t14-/m1/s1. The summed E-state index contributed by atoms with van der Waals surface area (Å²) in [4.78, 5) is 12.2. The minimum absolute atomic E-state index is 0.176. The number of carbonyl (C=O) groups excluding carboxylic acids is 1. The second kappa shape index (κ2) is 6.79. The van der Waals surface area contributed by atoms with Crippen molar-refractivity contribution in [2.24, 2.45) is 0 Å². The van der Waals surface area contributed by atoms with Gasteiger partial charge in [-0.15, -0.1) is 0 Å². The molecule has 0 fully saturated rings. The van der Waals surface area contributed by atoms with Crippen molar-refractivity contribution in [2.75, 3.05) is 7.11 Å². The number of methoxy groups -OCH3 is 1. The average Bonchev–Trinajstić information content (AvgIpc) is 2.97. The molecule has 24 heavy (non-hydrogen) atoms. The van der Waals surface area contributed by atoms with Gasteiger partial charge in [0.05, 0.1) is 19.8 Å². The first-order valence-corrected chi connectivity index (χ1v) is 7.87. The predicted molar refractivity (Wildman–Crippen MR) is 92.2 cm³/mol. The molecule has 0 unspecified atom stereocenters. The molecule has 124 valence electrons. The number of fused-ring (bicyclic) bond motifs is 1. The van der Waals surface area contributed by atoms with Crippen LogP contribution in [0.2, 0.25) is 0 Å². The lowest BCUT2D eigenvalue weighted by molar-refractivity contribution is -0.147. The van der Waals surface area contributed by atoms with Crippen molar-refractivity contribution in [3.8, 4) is 5.75 Å². The van der Waals surface area contributed by atoms with Crippen molar-refractivity contribution in [3.63, 3.8) is 0 Å². The maximum atomic E-state index is 12.2. The van der Waals surface area contributed by atoms with E-state index in [4.69, 9.17) is 13.9 Å². The maximum absolute atomic E-state index is 12.2. The van der Waals surface area contributed by atoms with E-state index >= 15 is 0 Å². The monoisotopic (exact) mass is 324 g/mol. The minimum Gasteiger partial charge on any atom is -0.497 e. The van der Waals surface area contributed by atoms with Gasteiger partial charge in [0.15, 0.2) is 0 Å². The molecule has 0 spiro atoms. The summed E-state index contributed by atoms with van der Waals surface area (Å²) >= 11 is 0. The molecule has 1 atom stereocenters. The van der Waals surface area contributed by atoms with Crippen LogP contribution in [-0.4, -0.2) is 13.1 Å². The fraction of sp³-hybridized carbons (Fsp3) is 0.250. The highest BCUT2D eigenvalue weighted by molar-refractivity contribution is 5.86. The number of benzene rings is 2. The van der Waals surface area contributed by atoms with Crippen LogP contribution in [0.5, 0.6) is 5.75 Å². The first-order chi connectivity index (χ1) is 11.6. The van der Waals surface area contributed by atoms with E-state index in [0.717, 1.165) is 22.3 Å². The van der Waals surface area contributed by atoms with Crippen molar-refractivity contribution in [3.05, 3.63) is 65.4 Å². The van der Waals surface area contributed by atoms with Crippen LogP contribution >= 0.6 is 0 Å². The molecule has 0 amide bonds. The molecule has 3 aromatic rings. The van der Waals surface area contributed by atoms with Gasteiger partial charge in [-0.3, -0.25) is 4.79 Å². The lowest BCUT2D eigenvalue weighted by Crippen LogP contribution is -2.11. The fourth-order valence-corrected chi connectivity index (χ4v) is 2.63. The van der Waals surface area contributed by atoms with E-state index < -0.39 is 0 Å². The number of hydrogen-bond donors (Lipinski definition) is 0.